The Morgan fingerprint density at radius 2 is 1.29 bits per heavy atom. The summed E-state index contributed by atoms with van der Waals surface area (Å²) >= 11 is 0. The highest BCUT2D eigenvalue weighted by Crippen LogP contribution is 2.02. The van der Waals surface area contributed by atoms with Crippen LogP contribution in [0.25, 0.3) is 0 Å². The van der Waals surface area contributed by atoms with Crippen LogP contribution >= 0.6 is 0 Å². The molecular weight excluding hydrogens is 407 g/mol. The summed E-state index contributed by atoms with van der Waals surface area (Å²) < 4.78 is 40.9. The normalized spacial score (nSPS) is 13.5. The van der Waals surface area contributed by atoms with Crippen LogP contribution in [0.2, 0.25) is 0 Å². The molecule has 0 saturated carbocycles. The van der Waals surface area contributed by atoms with Crippen molar-refractivity contribution in [2.24, 2.45) is 0 Å². The zero-order valence-electron chi connectivity index (χ0n) is 20.0. The summed E-state index contributed by atoms with van der Waals surface area (Å²) in [6.07, 6.45) is 0.778. The van der Waals surface area contributed by atoms with E-state index in [4.69, 9.17) is 23.7 Å². The van der Waals surface area contributed by atoms with Crippen molar-refractivity contribution in [1.82, 2.24) is 10.6 Å². The van der Waals surface area contributed by atoms with Gasteiger partial charge in [-0.05, 0) is 19.8 Å². The van der Waals surface area contributed by atoms with Crippen LogP contribution in [0.5, 0.6) is 0 Å². The zero-order chi connectivity index (χ0) is 23.2. The third-order valence-corrected chi connectivity index (χ3v) is 4.71. The van der Waals surface area contributed by atoms with Crippen molar-refractivity contribution in [2.45, 2.75) is 65.3 Å². The number of amides is 1. The summed E-state index contributed by atoms with van der Waals surface area (Å²) in [5.74, 6) is -0.169. The molecule has 0 spiro atoms. The van der Waals surface area contributed by atoms with Crippen molar-refractivity contribution in [2.75, 3.05) is 72.6 Å². The fourth-order valence-corrected chi connectivity index (χ4v) is 2.57. The number of nitrogens with one attached hydrogen (secondary N) is 2. The minimum absolute atomic E-state index is 0.0354. The zero-order valence-corrected chi connectivity index (χ0v) is 20.0. The second-order valence-electron chi connectivity index (χ2n) is 7.17. The van der Waals surface area contributed by atoms with Gasteiger partial charge < -0.3 is 34.3 Å². The molecule has 0 saturated heterocycles. The van der Waals surface area contributed by atoms with E-state index in [1.54, 1.807) is 13.8 Å². The van der Waals surface area contributed by atoms with Gasteiger partial charge in [-0.1, -0.05) is 20.8 Å². The van der Waals surface area contributed by atoms with Crippen LogP contribution in [0.4, 0.5) is 4.39 Å². The lowest BCUT2D eigenvalue weighted by molar-refractivity contribution is -0.121. The molecule has 2 unspecified atom stereocenters. The van der Waals surface area contributed by atoms with Crippen LogP contribution in [0.1, 0.15) is 47.0 Å². The molecule has 2 atom stereocenters. The summed E-state index contributed by atoms with van der Waals surface area (Å²) in [6.45, 7) is 13.0. The molecule has 0 bridgehead atoms. The molecule has 0 aliphatic carbocycles. The highest BCUT2D eigenvalue weighted by Gasteiger charge is 2.17. The first-order chi connectivity index (χ1) is 15.0. The monoisotopic (exact) mass is 452 g/mol. The number of alkyl halides is 1. The summed E-state index contributed by atoms with van der Waals surface area (Å²) in [6, 6.07) is 0.575. The first-order valence-corrected chi connectivity index (χ1v) is 11.6. The van der Waals surface area contributed by atoms with Crippen LogP contribution in [-0.4, -0.2) is 96.8 Å². The van der Waals surface area contributed by atoms with Gasteiger partial charge in [-0.2, -0.15) is 0 Å². The molecule has 186 valence electrons. The quantitative estimate of drug-likeness (QED) is 0.230. The predicted octanol–water partition coefficient (Wildman–Crippen LogP) is 2.10. The first-order valence-electron chi connectivity index (χ1n) is 11.6. The van der Waals surface area contributed by atoms with Crippen molar-refractivity contribution >= 4 is 5.91 Å². The number of carbonyl (C=O) groups excluding carboxylic acids is 1. The molecule has 0 heterocycles. The molecule has 0 rings (SSSR count). The topological polar surface area (TPSA) is 87.3 Å². The van der Waals surface area contributed by atoms with Gasteiger partial charge in [0.2, 0.25) is 5.91 Å². The predicted molar refractivity (Wildman–Crippen MR) is 119 cm³/mol. The van der Waals surface area contributed by atoms with Gasteiger partial charge in [0.1, 0.15) is 6.17 Å². The van der Waals surface area contributed by atoms with E-state index < -0.39 is 12.3 Å². The maximum absolute atomic E-state index is 13.8. The minimum atomic E-state index is -1.24. The van der Waals surface area contributed by atoms with E-state index in [1.807, 2.05) is 0 Å². The Labute approximate surface area is 187 Å². The van der Waals surface area contributed by atoms with Crippen molar-refractivity contribution in [3.05, 3.63) is 0 Å². The third-order valence-electron chi connectivity index (χ3n) is 4.71. The molecule has 1 amide bonds. The molecule has 0 aliphatic heterocycles. The number of rotatable bonds is 23. The SMILES string of the molecule is CCC(=O)NCC(F)C(C)OCCOCCOCCOCCOCCNC(CC)CC. The first kappa shape index (κ1) is 30.2. The van der Waals surface area contributed by atoms with E-state index in [0.29, 0.717) is 71.9 Å². The van der Waals surface area contributed by atoms with E-state index in [-0.39, 0.29) is 12.5 Å². The maximum Gasteiger partial charge on any atom is 0.219 e. The van der Waals surface area contributed by atoms with Crippen LogP contribution in [-0.2, 0) is 28.5 Å². The van der Waals surface area contributed by atoms with E-state index in [1.165, 1.54) is 0 Å². The molecule has 9 heteroatoms. The Morgan fingerprint density at radius 3 is 1.77 bits per heavy atom. The van der Waals surface area contributed by atoms with Crippen molar-refractivity contribution < 1.29 is 32.9 Å². The van der Waals surface area contributed by atoms with Crippen LogP contribution < -0.4 is 10.6 Å². The molecule has 2 N–H and O–H groups in total. The highest BCUT2D eigenvalue weighted by molar-refractivity contribution is 5.75. The Kier molecular flexibility index (Phi) is 21.8. The number of hydrogen-bond acceptors (Lipinski definition) is 7. The van der Waals surface area contributed by atoms with Gasteiger partial charge in [-0.25, -0.2) is 4.39 Å². The van der Waals surface area contributed by atoms with Gasteiger partial charge in [0.25, 0.3) is 0 Å². The van der Waals surface area contributed by atoms with E-state index in [9.17, 15) is 9.18 Å². The lowest BCUT2D eigenvalue weighted by atomic mass is 10.2. The van der Waals surface area contributed by atoms with Crippen LogP contribution in [0.15, 0.2) is 0 Å². The molecule has 0 aromatic rings. The fourth-order valence-electron chi connectivity index (χ4n) is 2.57. The molecule has 0 fully saturated rings. The molecule has 31 heavy (non-hydrogen) atoms. The highest BCUT2D eigenvalue weighted by atomic mass is 19.1. The Morgan fingerprint density at radius 1 is 0.806 bits per heavy atom. The largest absolute Gasteiger partial charge is 0.378 e. The second kappa shape index (κ2) is 22.4. The molecule has 0 aromatic carbocycles. The lowest BCUT2D eigenvalue weighted by Crippen LogP contribution is -2.36. The van der Waals surface area contributed by atoms with E-state index >= 15 is 0 Å². The van der Waals surface area contributed by atoms with Gasteiger partial charge in [-0.3, -0.25) is 4.79 Å². The smallest absolute Gasteiger partial charge is 0.219 e. The maximum atomic E-state index is 13.8. The van der Waals surface area contributed by atoms with E-state index in [0.717, 1.165) is 19.4 Å². The van der Waals surface area contributed by atoms with Crippen molar-refractivity contribution in [3.8, 4) is 0 Å². The van der Waals surface area contributed by atoms with Gasteiger partial charge >= 0.3 is 0 Å². The number of ether oxygens (including phenoxy) is 5. The molecule has 0 radical (unpaired) electrons. The standard InChI is InChI=1S/C22H45FN2O6/c1-5-20(6-2)24-8-9-27-10-11-28-12-13-29-14-15-30-16-17-31-19(4)21(23)18-25-22(26)7-3/h19-21,24H,5-18H2,1-4H3,(H,25,26). The van der Waals surface area contributed by atoms with Crippen LogP contribution in [0.3, 0.4) is 0 Å². The summed E-state index contributed by atoms with van der Waals surface area (Å²) in [5, 5.41) is 5.96. The Hall–Kier alpha value is -0.840. The van der Waals surface area contributed by atoms with Gasteiger partial charge in [-0.15, -0.1) is 0 Å². The number of carbonyl (C=O) groups is 1. The average Bonchev–Trinajstić information content (AvgIpc) is 2.79. The third kappa shape index (κ3) is 19.6. The fraction of sp³-hybridized carbons (Fsp3) is 0.955. The molecule has 8 nitrogen and oxygen atoms in total. The summed E-state index contributed by atoms with van der Waals surface area (Å²) in [4.78, 5) is 11.1. The summed E-state index contributed by atoms with van der Waals surface area (Å²) in [7, 11) is 0. The molecule has 0 aliphatic rings. The van der Waals surface area contributed by atoms with Crippen LogP contribution in [0, 0.1) is 0 Å². The number of hydrogen-bond donors (Lipinski definition) is 2. The van der Waals surface area contributed by atoms with E-state index in [2.05, 4.69) is 24.5 Å². The average molecular weight is 453 g/mol. The lowest BCUT2D eigenvalue weighted by Gasteiger charge is -2.18. The Bertz CT molecular complexity index is 402. The van der Waals surface area contributed by atoms with Crippen molar-refractivity contribution in [1.29, 1.82) is 0 Å². The minimum Gasteiger partial charge on any atom is -0.378 e. The second-order valence-corrected chi connectivity index (χ2v) is 7.17. The molecular formula is C22H45FN2O6. The van der Waals surface area contributed by atoms with Gasteiger partial charge in [0.15, 0.2) is 0 Å². The Balaban J connectivity index is 3.28. The van der Waals surface area contributed by atoms with Gasteiger partial charge in [0, 0.05) is 19.0 Å². The van der Waals surface area contributed by atoms with Gasteiger partial charge in [0.05, 0.1) is 72.1 Å². The number of halogens is 1. The molecule has 0 aromatic heterocycles. The van der Waals surface area contributed by atoms with Crippen molar-refractivity contribution in [3.63, 3.8) is 0 Å². The summed E-state index contributed by atoms with van der Waals surface area (Å²) in [5.41, 5.74) is 0.